The standard InChI is InChI=1S/C17H22N2O4S2/c1-3-4-16(20)18-17-19(9-12-5-7-13(23-2)8-6-12)14-10-25(21,22)11-15(14)24-17/h5-8,14-15H,3-4,9-11H2,1-2H3/t14-,15+/m1/s1. The molecule has 2 heterocycles. The lowest BCUT2D eigenvalue weighted by Crippen LogP contribution is -2.37. The zero-order valence-electron chi connectivity index (χ0n) is 14.3. The first-order valence-corrected chi connectivity index (χ1v) is 11.0. The Balaban J connectivity index is 1.84. The number of amides is 1. The number of methoxy groups -OCH3 is 1. The third-order valence-corrected chi connectivity index (χ3v) is 7.62. The third kappa shape index (κ3) is 4.17. The van der Waals surface area contributed by atoms with Gasteiger partial charge in [-0.15, -0.1) is 0 Å². The molecule has 0 spiro atoms. The van der Waals surface area contributed by atoms with Gasteiger partial charge in [0.05, 0.1) is 24.7 Å². The highest BCUT2D eigenvalue weighted by Gasteiger charge is 2.48. The van der Waals surface area contributed by atoms with Crippen molar-refractivity contribution in [2.24, 2.45) is 4.99 Å². The number of aliphatic imine (C=N–C) groups is 1. The Morgan fingerprint density at radius 1 is 1.32 bits per heavy atom. The van der Waals surface area contributed by atoms with Crippen molar-refractivity contribution >= 4 is 32.7 Å². The number of nitrogens with zero attached hydrogens (tertiary/aromatic N) is 2. The van der Waals surface area contributed by atoms with Crippen LogP contribution in [0.15, 0.2) is 29.3 Å². The lowest BCUT2D eigenvalue weighted by atomic mass is 10.1. The molecule has 0 aromatic heterocycles. The summed E-state index contributed by atoms with van der Waals surface area (Å²) in [7, 11) is -1.41. The summed E-state index contributed by atoms with van der Waals surface area (Å²) in [6, 6.07) is 7.53. The maximum absolute atomic E-state index is 12.0. The van der Waals surface area contributed by atoms with Gasteiger partial charge >= 0.3 is 0 Å². The highest BCUT2D eigenvalue weighted by Crippen LogP contribution is 2.39. The molecule has 0 aliphatic carbocycles. The van der Waals surface area contributed by atoms with Gasteiger partial charge in [-0.1, -0.05) is 30.8 Å². The van der Waals surface area contributed by atoms with Crippen molar-refractivity contribution in [3.8, 4) is 5.75 Å². The molecule has 2 aliphatic heterocycles. The molecule has 2 atom stereocenters. The second-order valence-corrected chi connectivity index (χ2v) is 9.67. The van der Waals surface area contributed by atoms with Gasteiger partial charge in [-0.3, -0.25) is 4.79 Å². The first kappa shape index (κ1) is 18.3. The molecule has 3 rings (SSSR count). The summed E-state index contributed by atoms with van der Waals surface area (Å²) in [5.41, 5.74) is 1.03. The zero-order valence-corrected chi connectivity index (χ0v) is 16.0. The van der Waals surface area contributed by atoms with Crippen LogP contribution in [0.1, 0.15) is 25.3 Å². The number of carbonyl (C=O) groups excluding carboxylic acids is 1. The summed E-state index contributed by atoms with van der Waals surface area (Å²) in [4.78, 5) is 18.2. The fourth-order valence-electron chi connectivity index (χ4n) is 3.12. The Morgan fingerprint density at radius 3 is 2.68 bits per heavy atom. The van der Waals surface area contributed by atoms with Crippen molar-refractivity contribution < 1.29 is 17.9 Å². The normalized spacial score (nSPS) is 26.0. The SMILES string of the molecule is CCCC(=O)N=C1S[C@H]2CS(=O)(=O)C[C@H]2N1Cc1ccc(OC)cc1. The van der Waals surface area contributed by atoms with E-state index >= 15 is 0 Å². The van der Waals surface area contributed by atoms with E-state index in [1.54, 1.807) is 7.11 Å². The number of hydrogen-bond donors (Lipinski definition) is 0. The molecule has 2 fully saturated rings. The van der Waals surface area contributed by atoms with Gasteiger partial charge < -0.3 is 9.64 Å². The molecule has 1 aromatic rings. The predicted molar refractivity (Wildman–Crippen MR) is 99.7 cm³/mol. The third-order valence-electron chi connectivity index (χ3n) is 4.37. The molecule has 6 nitrogen and oxygen atoms in total. The molecule has 25 heavy (non-hydrogen) atoms. The molecule has 8 heteroatoms. The fraction of sp³-hybridized carbons (Fsp3) is 0.529. The number of thioether (sulfide) groups is 1. The number of fused-ring (bicyclic) bond motifs is 1. The van der Waals surface area contributed by atoms with Crippen molar-refractivity contribution in [1.82, 2.24) is 4.90 Å². The Labute approximate surface area is 152 Å². The van der Waals surface area contributed by atoms with Crippen LogP contribution in [0.4, 0.5) is 0 Å². The zero-order chi connectivity index (χ0) is 18.0. The number of benzene rings is 1. The van der Waals surface area contributed by atoms with Crippen LogP contribution < -0.4 is 4.74 Å². The predicted octanol–water partition coefficient (Wildman–Crippen LogP) is 2.09. The highest BCUT2D eigenvalue weighted by atomic mass is 32.2. The Bertz CT molecular complexity index is 774. The minimum Gasteiger partial charge on any atom is -0.497 e. The van der Waals surface area contributed by atoms with Gasteiger partial charge in [-0.2, -0.15) is 4.99 Å². The van der Waals surface area contributed by atoms with Crippen molar-refractivity contribution in [1.29, 1.82) is 0 Å². The van der Waals surface area contributed by atoms with E-state index in [2.05, 4.69) is 4.99 Å². The van der Waals surface area contributed by atoms with Crippen molar-refractivity contribution in [3.63, 3.8) is 0 Å². The molecular weight excluding hydrogens is 360 g/mol. The monoisotopic (exact) mass is 382 g/mol. The second-order valence-electron chi connectivity index (χ2n) is 6.31. The van der Waals surface area contributed by atoms with Crippen LogP contribution in [0.25, 0.3) is 0 Å². The summed E-state index contributed by atoms with van der Waals surface area (Å²) in [6.45, 7) is 2.47. The van der Waals surface area contributed by atoms with Crippen LogP contribution >= 0.6 is 11.8 Å². The topological polar surface area (TPSA) is 76.0 Å². The molecule has 2 aliphatic rings. The van der Waals surface area contributed by atoms with Crippen LogP contribution in [0.3, 0.4) is 0 Å². The first-order chi connectivity index (χ1) is 11.9. The average molecular weight is 383 g/mol. The summed E-state index contributed by atoms with van der Waals surface area (Å²) in [5, 5.41) is 0.607. The fourth-order valence-corrected chi connectivity index (χ4v) is 7.09. The summed E-state index contributed by atoms with van der Waals surface area (Å²) in [6.07, 6.45) is 1.16. The van der Waals surface area contributed by atoms with E-state index in [9.17, 15) is 13.2 Å². The minimum absolute atomic E-state index is 0.0450. The quantitative estimate of drug-likeness (QED) is 0.776. The van der Waals surface area contributed by atoms with Crippen molar-refractivity contribution in [2.45, 2.75) is 37.6 Å². The van der Waals surface area contributed by atoms with Gasteiger partial charge in [-0.05, 0) is 24.1 Å². The van der Waals surface area contributed by atoms with Crippen molar-refractivity contribution in [2.75, 3.05) is 18.6 Å². The number of rotatable bonds is 5. The number of amidine groups is 1. The average Bonchev–Trinajstić information content (AvgIpc) is 3.01. The van der Waals surface area contributed by atoms with Crippen LogP contribution in [0.2, 0.25) is 0 Å². The maximum Gasteiger partial charge on any atom is 0.248 e. The number of sulfone groups is 1. The molecular formula is C17H22N2O4S2. The lowest BCUT2D eigenvalue weighted by molar-refractivity contribution is -0.117. The Kier molecular flexibility index (Phi) is 5.38. The highest BCUT2D eigenvalue weighted by molar-refractivity contribution is 8.15. The number of ether oxygens (including phenoxy) is 1. The maximum atomic E-state index is 12.0. The molecule has 0 radical (unpaired) electrons. The minimum atomic E-state index is -3.03. The Morgan fingerprint density at radius 2 is 2.04 bits per heavy atom. The largest absolute Gasteiger partial charge is 0.497 e. The summed E-state index contributed by atoms with van der Waals surface area (Å²) in [5.74, 6) is 0.907. The van der Waals surface area contributed by atoms with E-state index < -0.39 is 9.84 Å². The Hall–Kier alpha value is -1.54. The van der Waals surface area contributed by atoms with Crippen LogP contribution in [0, 0.1) is 0 Å². The molecule has 0 bridgehead atoms. The number of carbonyl (C=O) groups is 1. The molecule has 2 saturated heterocycles. The smallest absolute Gasteiger partial charge is 0.248 e. The van der Waals surface area contributed by atoms with E-state index in [4.69, 9.17) is 4.74 Å². The summed E-state index contributed by atoms with van der Waals surface area (Å²) < 4.78 is 29.2. The van der Waals surface area contributed by atoms with E-state index in [0.29, 0.717) is 18.1 Å². The van der Waals surface area contributed by atoms with Crippen LogP contribution in [-0.4, -0.2) is 54.3 Å². The van der Waals surface area contributed by atoms with Gasteiger partial charge in [0.25, 0.3) is 0 Å². The number of hydrogen-bond acceptors (Lipinski definition) is 5. The molecule has 0 saturated carbocycles. The van der Waals surface area contributed by atoms with Gasteiger partial charge in [0, 0.05) is 18.2 Å². The van der Waals surface area contributed by atoms with E-state index in [1.165, 1.54) is 11.8 Å². The van der Waals surface area contributed by atoms with Gasteiger partial charge in [0.15, 0.2) is 15.0 Å². The molecule has 0 unspecified atom stereocenters. The molecule has 1 aromatic carbocycles. The van der Waals surface area contributed by atoms with Gasteiger partial charge in [0.2, 0.25) is 5.91 Å². The van der Waals surface area contributed by atoms with E-state index in [-0.39, 0.29) is 28.7 Å². The van der Waals surface area contributed by atoms with Gasteiger partial charge in [0.1, 0.15) is 5.75 Å². The van der Waals surface area contributed by atoms with Crippen molar-refractivity contribution in [3.05, 3.63) is 29.8 Å². The lowest BCUT2D eigenvalue weighted by Gasteiger charge is -2.24. The first-order valence-electron chi connectivity index (χ1n) is 8.30. The van der Waals surface area contributed by atoms with Crippen LogP contribution in [0.5, 0.6) is 5.75 Å². The van der Waals surface area contributed by atoms with Gasteiger partial charge in [-0.25, -0.2) is 8.42 Å². The molecule has 1 amide bonds. The summed E-state index contributed by atoms with van der Waals surface area (Å²) >= 11 is 1.42. The molecule has 0 N–H and O–H groups in total. The van der Waals surface area contributed by atoms with E-state index in [0.717, 1.165) is 17.7 Å². The van der Waals surface area contributed by atoms with E-state index in [1.807, 2.05) is 36.1 Å². The molecule has 136 valence electrons. The van der Waals surface area contributed by atoms with Crippen LogP contribution in [-0.2, 0) is 21.2 Å². The second kappa shape index (κ2) is 7.37.